The van der Waals surface area contributed by atoms with E-state index in [2.05, 4.69) is 16.0 Å². The lowest BCUT2D eigenvalue weighted by Gasteiger charge is -2.25. The molecule has 0 aliphatic carbocycles. The molecule has 0 heterocycles. The number of carboxylic acids is 2. The topological polar surface area (TPSA) is 231 Å². The minimum atomic E-state index is -1.43. The first-order valence-corrected chi connectivity index (χ1v) is 8.71. The summed E-state index contributed by atoms with van der Waals surface area (Å²) in [5.41, 5.74) is 10.5. The molecule has 0 aliphatic heterocycles. The van der Waals surface area contributed by atoms with E-state index in [-0.39, 0.29) is 12.8 Å². The van der Waals surface area contributed by atoms with Gasteiger partial charge in [-0.05, 0) is 12.3 Å². The first-order valence-electron chi connectivity index (χ1n) is 8.71. The average Bonchev–Trinajstić information content (AvgIpc) is 2.59. The molecule has 0 unspecified atom stereocenters. The van der Waals surface area contributed by atoms with Gasteiger partial charge in [-0.15, -0.1) is 0 Å². The number of aliphatic carboxylic acids is 2. The van der Waals surface area contributed by atoms with Crippen molar-refractivity contribution in [1.29, 1.82) is 0 Å². The second kappa shape index (κ2) is 12.3. The maximum Gasteiger partial charge on any atom is 0.322 e. The zero-order valence-corrected chi connectivity index (χ0v) is 16.1. The van der Waals surface area contributed by atoms with Crippen molar-refractivity contribution < 1.29 is 39.0 Å². The summed E-state index contributed by atoms with van der Waals surface area (Å²) in [5, 5.41) is 24.1. The summed E-state index contributed by atoms with van der Waals surface area (Å²) in [5.74, 6) is -6.30. The van der Waals surface area contributed by atoms with Crippen LogP contribution >= 0.6 is 0 Å². The minimum Gasteiger partial charge on any atom is -0.481 e. The highest BCUT2D eigenvalue weighted by Gasteiger charge is 2.30. The van der Waals surface area contributed by atoms with Crippen molar-refractivity contribution in [3.05, 3.63) is 0 Å². The van der Waals surface area contributed by atoms with E-state index in [1.807, 2.05) is 0 Å². The molecule has 9 N–H and O–H groups in total. The van der Waals surface area contributed by atoms with E-state index >= 15 is 0 Å². The van der Waals surface area contributed by atoms with Gasteiger partial charge in [0, 0.05) is 6.42 Å². The van der Waals surface area contributed by atoms with E-state index in [0.717, 1.165) is 0 Å². The molecule has 3 atom stereocenters. The fraction of sp³-hybridized carbons (Fsp3) is 0.625. The summed E-state index contributed by atoms with van der Waals surface area (Å²) in [4.78, 5) is 69.0. The van der Waals surface area contributed by atoms with Gasteiger partial charge in [0.1, 0.15) is 18.6 Å². The minimum absolute atomic E-state index is 0.214. The Morgan fingerprint density at radius 2 is 1.48 bits per heavy atom. The quantitative estimate of drug-likeness (QED) is 0.160. The van der Waals surface area contributed by atoms with Crippen molar-refractivity contribution in [3.63, 3.8) is 0 Å². The molecular formula is C16H27N5O8. The molecule has 0 bridgehead atoms. The van der Waals surface area contributed by atoms with E-state index in [1.54, 1.807) is 13.8 Å². The van der Waals surface area contributed by atoms with Crippen LogP contribution in [0.25, 0.3) is 0 Å². The van der Waals surface area contributed by atoms with Crippen LogP contribution in [0.3, 0.4) is 0 Å². The number of hydrogen-bond donors (Lipinski definition) is 7. The van der Waals surface area contributed by atoms with Gasteiger partial charge in [-0.1, -0.05) is 13.8 Å². The molecule has 0 aromatic carbocycles. The zero-order valence-electron chi connectivity index (χ0n) is 16.1. The normalized spacial score (nSPS) is 13.7. The molecule has 0 spiro atoms. The smallest absolute Gasteiger partial charge is 0.322 e. The first-order chi connectivity index (χ1) is 13.3. The predicted molar refractivity (Wildman–Crippen MR) is 98.0 cm³/mol. The number of carboxylic acid groups (broad SMARTS) is 2. The van der Waals surface area contributed by atoms with Crippen LogP contribution in [0, 0.1) is 5.92 Å². The summed E-state index contributed by atoms with van der Waals surface area (Å²) < 4.78 is 0. The standard InChI is InChI=1S/C16H27N5O8/c1-7(2)13(16(29)19-6-12(25)26)21-15(28)9(3-4-10(18)22)20-14(27)8(17)5-11(23)24/h7-9,13H,3-6,17H2,1-2H3,(H2,18,22)(H,19,29)(H,20,27)(H,21,28)(H,23,24)(H,25,26)/t8-,9-,13-/m0/s1. The Hall–Kier alpha value is -3.22. The van der Waals surface area contributed by atoms with Gasteiger partial charge < -0.3 is 37.6 Å². The molecule has 0 fully saturated rings. The molecule has 0 rings (SSSR count). The maximum absolute atomic E-state index is 12.6. The van der Waals surface area contributed by atoms with Crippen LogP contribution < -0.4 is 27.4 Å². The van der Waals surface area contributed by atoms with E-state index < -0.39 is 72.6 Å². The highest BCUT2D eigenvalue weighted by Crippen LogP contribution is 2.05. The van der Waals surface area contributed by atoms with Gasteiger partial charge in [0.15, 0.2) is 0 Å². The molecule has 0 radical (unpaired) electrons. The Morgan fingerprint density at radius 3 is 1.93 bits per heavy atom. The monoisotopic (exact) mass is 417 g/mol. The third-order valence-electron chi connectivity index (χ3n) is 3.70. The highest BCUT2D eigenvalue weighted by atomic mass is 16.4. The van der Waals surface area contributed by atoms with Crippen LogP contribution in [0.2, 0.25) is 0 Å². The van der Waals surface area contributed by atoms with Crippen molar-refractivity contribution in [2.75, 3.05) is 6.54 Å². The number of nitrogens with two attached hydrogens (primary N) is 2. The van der Waals surface area contributed by atoms with Crippen molar-refractivity contribution in [3.8, 4) is 0 Å². The molecule has 0 aromatic heterocycles. The van der Waals surface area contributed by atoms with Crippen LogP contribution in [-0.4, -0.2) is 70.5 Å². The Labute approximate surface area is 166 Å². The molecule has 0 aliphatic rings. The highest BCUT2D eigenvalue weighted by molar-refractivity contribution is 5.94. The van der Waals surface area contributed by atoms with Crippen LogP contribution in [0.4, 0.5) is 0 Å². The number of nitrogens with one attached hydrogen (secondary N) is 3. The lowest BCUT2D eigenvalue weighted by Crippen LogP contribution is -2.57. The summed E-state index contributed by atoms with van der Waals surface area (Å²) in [6, 6.07) is -3.87. The predicted octanol–water partition coefficient (Wildman–Crippen LogP) is -3.12. The van der Waals surface area contributed by atoms with Crippen molar-refractivity contribution >= 4 is 35.6 Å². The van der Waals surface area contributed by atoms with Crippen LogP contribution in [0.1, 0.15) is 33.1 Å². The van der Waals surface area contributed by atoms with E-state index in [1.165, 1.54) is 0 Å². The first kappa shape index (κ1) is 25.8. The van der Waals surface area contributed by atoms with Crippen molar-refractivity contribution in [2.45, 2.75) is 51.2 Å². The molecule has 13 nitrogen and oxygen atoms in total. The Morgan fingerprint density at radius 1 is 0.897 bits per heavy atom. The fourth-order valence-corrected chi connectivity index (χ4v) is 2.18. The molecule has 0 aromatic rings. The third-order valence-corrected chi connectivity index (χ3v) is 3.70. The van der Waals surface area contributed by atoms with Gasteiger partial charge in [0.2, 0.25) is 23.6 Å². The largest absolute Gasteiger partial charge is 0.481 e. The van der Waals surface area contributed by atoms with Crippen molar-refractivity contribution in [1.82, 2.24) is 16.0 Å². The molecule has 0 saturated heterocycles. The summed E-state index contributed by atoms with van der Waals surface area (Å²) >= 11 is 0. The molecule has 4 amide bonds. The number of amides is 4. The Kier molecular flexibility index (Phi) is 10.9. The van der Waals surface area contributed by atoms with E-state index in [0.29, 0.717) is 0 Å². The molecular weight excluding hydrogens is 390 g/mol. The lowest BCUT2D eigenvalue weighted by molar-refractivity contribution is -0.140. The number of rotatable bonds is 13. The number of carbonyl (C=O) groups excluding carboxylic acids is 4. The van der Waals surface area contributed by atoms with E-state index in [4.69, 9.17) is 21.7 Å². The Bertz CT molecular complexity index is 651. The van der Waals surface area contributed by atoms with Gasteiger partial charge in [-0.3, -0.25) is 28.8 Å². The molecule has 29 heavy (non-hydrogen) atoms. The Balaban J connectivity index is 5.26. The second-order valence-corrected chi connectivity index (χ2v) is 6.61. The van der Waals surface area contributed by atoms with Crippen molar-refractivity contribution in [2.24, 2.45) is 17.4 Å². The summed E-state index contributed by atoms with van der Waals surface area (Å²) in [6.45, 7) is 2.56. The summed E-state index contributed by atoms with van der Waals surface area (Å²) in [6.07, 6.45) is -1.17. The van der Waals surface area contributed by atoms with Gasteiger partial charge in [-0.25, -0.2) is 0 Å². The second-order valence-electron chi connectivity index (χ2n) is 6.61. The number of hydrogen-bond acceptors (Lipinski definition) is 7. The molecule has 164 valence electrons. The third kappa shape index (κ3) is 10.6. The lowest BCUT2D eigenvalue weighted by atomic mass is 10.0. The average molecular weight is 417 g/mol. The maximum atomic E-state index is 12.6. The van der Waals surface area contributed by atoms with Gasteiger partial charge >= 0.3 is 11.9 Å². The van der Waals surface area contributed by atoms with Gasteiger partial charge in [0.25, 0.3) is 0 Å². The van der Waals surface area contributed by atoms with Crippen LogP contribution in [-0.2, 0) is 28.8 Å². The molecule has 0 saturated carbocycles. The fourth-order valence-electron chi connectivity index (χ4n) is 2.18. The molecule has 13 heteroatoms. The van der Waals surface area contributed by atoms with Crippen LogP contribution in [0.15, 0.2) is 0 Å². The zero-order chi connectivity index (χ0) is 22.7. The van der Waals surface area contributed by atoms with E-state index in [9.17, 15) is 28.8 Å². The van der Waals surface area contributed by atoms with Crippen LogP contribution in [0.5, 0.6) is 0 Å². The number of primary amides is 1. The SMILES string of the molecule is CC(C)[C@H](NC(=O)[C@H](CCC(N)=O)NC(=O)[C@@H](N)CC(=O)O)C(=O)NCC(=O)O. The summed E-state index contributed by atoms with van der Waals surface area (Å²) in [7, 11) is 0. The van der Waals surface area contributed by atoms with Gasteiger partial charge in [0.05, 0.1) is 12.5 Å². The number of carbonyl (C=O) groups is 6. The van der Waals surface area contributed by atoms with Gasteiger partial charge in [-0.2, -0.15) is 0 Å².